The van der Waals surface area contributed by atoms with Gasteiger partial charge in [-0.25, -0.2) is 8.78 Å². The van der Waals surface area contributed by atoms with Gasteiger partial charge in [0.1, 0.15) is 11.6 Å². The molecule has 0 amide bonds. The molecule has 1 aromatic carbocycles. The highest BCUT2D eigenvalue weighted by Gasteiger charge is 2.21. The Morgan fingerprint density at radius 1 is 1.33 bits per heavy atom. The van der Waals surface area contributed by atoms with Gasteiger partial charge >= 0.3 is 0 Å². The van der Waals surface area contributed by atoms with E-state index >= 15 is 0 Å². The van der Waals surface area contributed by atoms with Crippen LogP contribution in [0.15, 0.2) is 35.0 Å². The Morgan fingerprint density at radius 2 is 2.00 bits per heavy atom. The van der Waals surface area contributed by atoms with Gasteiger partial charge in [0.2, 0.25) is 0 Å². The highest BCUT2D eigenvalue weighted by atomic mass is 32.2. The van der Waals surface area contributed by atoms with Crippen LogP contribution >= 0.6 is 11.8 Å². The summed E-state index contributed by atoms with van der Waals surface area (Å²) >= 11 is 1.48. The summed E-state index contributed by atoms with van der Waals surface area (Å²) in [5.41, 5.74) is 0.886. The molecule has 0 saturated carbocycles. The molecule has 0 aromatic heterocycles. The van der Waals surface area contributed by atoms with Crippen molar-refractivity contribution >= 4 is 16.9 Å². The zero-order chi connectivity index (χ0) is 13.1. The van der Waals surface area contributed by atoms with E-state index in [4.69, 9.17) is 0 Å². The van der Waals surface area contributed by atoms with E-state index in [0.29, 0.717) is 6.54 Å². The summed E-state index contributed by atoms with van der Waals surface area (Å²) in [5, 5.41) is 3.87. The molecule has 96 valence electrons. The first kappa shape index (κ1) is 13.1. The van der Waals surface area contributed by atoms with Crippen molar-refractivity contribution in [1.29, 1.82) is 0 Å². The molecule has 0 radical (unpaired) electrons. The van der Waals surface area contributed by atoms with Gasteiger partial charge in [-0.3, -0.25) is 4.99 Å². The van der Waals surface area contributed by atoms with Crippen LogP contribution in [0.25, 0.3) is 0 Å². The second kappa shape index (κ2) is 5.52. The summed E-state index contributed by atoms with van der Waals surface area (Å²) in [6.45, 7) is 2.32. The molecule has 0 spiro atoms. The molecule has 2 rings (SSSR count). The van der Waals surface area contributed by atoms with Crippen LogP contribution in [0.5, 0.6) is 0 Å². The van der Waals surface area contributed by atoms with Gasteiger partial charge in [0.05, 0.1) is 6.54 Å². The molecular formula is C13H14F2N2S. The van der Waals surface area contributed by atoms with Gasteiger partial charge in [-0.15, -0.1) is 0 Å². The van der Waals surface area contributed by atoms with Crippen LogP contribution in [-0.2, 0) is 0 Å². The predicted octanol–water partition coefficient (Wildman–Crippen LogP) is 3.27. The van der Waals surface area contributed by atoms with Gasteiger partial charge in [0.15, 0.2) is 5.17 Å². The van der Waals surface area contributed by atoms with Crippen molar-refractivity contribution < 1.29 is 8.78 Å². The SMILES string of the molecule is CSC1=NCC=C(C(C)c2c(F)cccc2F)N1. The summed E-state index contributed by atoms with van der Waals surface area (Å²) < 4.78 is 27.4. The number of aliphatic imine (C=N–C) groups is 1. The number of hydrogen-bond donors (Lipinski definition) is 1. The lowest BCUT2D eigenvalue weighted by Gasteiger charge is -2.22. The predicted molar refractivity (Wildman–Crippen MR) is 71.8 cm³/mol. The lowest BCUT2D eigenvalue weighted by atomic mass is 9.96. The van der Waals surface area contributed by atoms with Gasteiger partial charge in [0.25, 0.3) is 0 Å². The number of hydrogen-bond acceptors (Lipinski definition) is 3. The standard InChI is InChI=1S/C13H14F2N2S/c1-8(11-6-7-16-13(17-11)18-2)12-9(14)4-3-5-10(12)15/h3-6,8H,7H2,1-2H3,(H,16,17). The van der Waals surface area contributed by atoms with Crippen LogP contribution < -0.4 is 5.32 Å². The van der Waals surface area contributed by atoms with Gasteiger partial charge in [-0.1, -0.05) is 24.8 Å². The molecule has 1 aromatic rings. The van der Waals surface area contributed by atoms with Crippen LogP contribution in [0.1, 0.15) is 18.4 Å². The quantitative estimate of drug-likeness (QED) is 0.890. The summed E-state index contributed by atoms with van der Waals surface area (Å²) in [5.74, 6) is -1.39. The minimum absolute atomic E-state index is 0.0959. The number of nitrogens with zero attached hydrogens (tertiary/aromatic N) is 1. The van der Waals surface area contributed by atoms with Gasteiger partial charge in [-0.2, -0.15) is 0 Å². The van der Waals surface area contributed by atoms with E-state index in [-0.39, 0.29) is 11.5 Å². The van der Waals surface area contributed by atoms with Crippen LogP contribution in [0, 0.1) is 11.6 Å². The van der Waals surface area contributed by atoms with Crippen molar-refractivity contribution in [2.24, 2.45) is 4.99 Å². The maximum absolute atomic E-state index is 13.7. The Hall–Kier alpha value is -1.36. The van der Waals surface area contributed by atoms with E-state index in [9.17, 15) is 8.78 Å². The second-order valence-corrected chi connectivity index (χ2v) is 4.79. The van der Waals surface area contributed by atoms with E-state index in [1.54, 1.807) is 6.92 Å². The minimum atomic E-state index is -0.515. The molecule has 1 aliphatic heterocycles. The number of rotatable bonds is 2. The summed E-state index contributed by atoms with van der Waals surface area (Å²) in [6.07, 6.45) is 3.76. The van der Waals surface area contributed by atoms with Crippen LogP contribution in [-0.4, -0.2) is 18.0 Å². The van der Waals surface area contributed by atoms with Crippen molar-refractivity contribution in [3.8, 4) is 0 Å². The number of amidine groups is 1. The summed E-state index contributed by atoms with van der Waals surface area (Å²) in [4.78, 5) is 4.22. The summed E-state index contributed by atoms with van der Waals surface area (Å²) in [7, 11) is 0. The molecule has 5 heteroatoms. The van der Waals surface area contributed by atoms with Crippen molar-refractivity contribution in [3.05, 3.63) is 47.2 Å². The third-order valence-electron chi connectivity index (χ3n) is 2.89. The van der Waals surface area contributed by atoms with Crippen molar-refractivity contribution in [2.45, 2.75) is 12.8 Å². The zero-order valence-corrected chi connectivity index (χ0v) is 11.0. The van der Waals surface area contributed by atoms with Gasteiger partial charge in [-0.05, 0) is 24.5 Å². The fourth-order valence-corrected chi connectivity index (χ4v) is 2.34. The lowest BCUT2D eigenvalue weighted by molar-refractivity contribution is 0.542. The monoisotopic (exact) mass is 268 g/mol. The van der Waals surface area contributed by atoms with E-state index in [1.807, 2.05) is 12.3 Å². The average Bonchev–Trinajstić information content (AvgIpc) is 2.38. The Morgan fingerprint density at radius 3 is 2.61 bits per heavy atom. The third kappa shape index (κ3) is 2.56. The molecule has 1 N–H and O–H groups in total. The van der Waals surface area contributed by atoms with E-state index in [0.717, 1.165) is 10.9 Å². The Bertz CT molecular complexity index is 491. The van der Waals surface area contributed by atoms with E-state index in [2.05, 4.69) is 10.3 Å². The second-order valence-electron chi connectivity index (χ2n) is 3.99. The molecule has 0 aliphatic carbocycles. The van der Waals surface area contributed by atoms with Crippen molar-refractivity contribution in [3.63, 3.8) is 0 Å². The molecular weight excluding hydrogens is 254 g/mol. The van der Waals surface area contributed by atoms with Gasteiger partial charge < -0.3 is 5.32 Å². The molecule has 1 atom stereocenters. The van der Waals surface area contributed by atoms with Crippen molar-refractivity contribution in [2.75, 3.05) is 12.8 Å². The average molecular weight is 268 g/mol. The highest BCUT2D eigenvalue weighted by Crippen LogP contribution is 2.28. The van der Waals surface area contributed by atoms with E-state index in [1.165, 1.54) is 30.0 Å². The largest absolute Gasteiger partial charge is 0.338 e. The number of allylic oxidation sites excluding steroid dienone is 1. The Balaban J connectivity index is 2.27. The molecule has 1 aliphatic rings. The summed E-state index contributed by atoms with van der Waals surface area (Å²) in [6, 6.07) is 3.93. The van der Waals surface area contributed by atoms with E-state index < -0.39 is 11.6 Å². The topological polar surface area (TPSA) is 24.4 Å². The molecule has 1 unspecified atom stereocenters. The highest BCUT2D eigenvalue weighted by molar-refractivity contribution is 8.13. The number of benzene rings is 1. The molecule has 18 heavy (non-hydrogen) atoms. The first-order valence-electron chi connectivity index (χ1n) is 5.63. The smallest absolute Gasteiger partial charge is 0.160 e. The number of nitrogens with one attached hydrogen (secondary N) is 1. The number of halogens is 2. The lowest BCUT2D eigenvalue weighted by Crippen LogP contribution is -2.27. The Kier molecular flexibility index (Phi) is 4.01. The zero-order valence-electron chi connectivity index (χ0n) is 10.2. The fourth-order valence-electron chi connectivity index (χ4n) is 1.92. The first-order chi connectivity index (χ1) is 8.63. The normalized spacial score (nSPS) is 16.7. The first-order valence-corrected chi connectivity index (χ1v) is 6.85. The molecule has 0 fully saturated rings. The van der Waals surface area contributed by atoms with Crippen molar-refractivity contribution in [1.82, 2.24) is 5.32 Å². The van der Waals surface area contributed by atoms with Gasteiger partial charge in [0, 0.05) is 17.2 Å². The van der Waals surface area contributed by atoms with Crippen LogP contribution in [0.4, 0.5) is 8.78 Å². The molecule has 2 nitrogen and oxygen atoms in total. The Labute approximate surface area is 109 Å². The molecule has 1 heterocycles. The maximum Gasteiger partial charge on any atom is 0.160 e. The van der Waals surface area contributed by atoms with Crippen LogP contribution in [0.2, 0.25) is 0 Å². The molecule has 0 bridgehead atoms. The fraction of sp³-hybridized carbons (Fsp3) is 0.308. The minimum Gasteiger partial charge on any atom is -0.338 e. The third-order valence-corrected chi connectivity index (χ3v) is 3.51. The maximum atomic E-state index is 13.7. The van der Waals surface area contributed by atoms with Crippen LogP contribution in [0.3, 0.4) is 0 Å². The molecule has 0 saturated heterocycles. The number of thioether (sulfide) groups is 1.